The van der Waals surface area contributed by atoms with Crippen molar-refractivity contribution in [3.05, 3.63) is 59.7 Å². The van der Waals surface area contributed by atoms with Crippen molar-refractivity contribution in [1.82, 2.24) is 0 Å². The van der Waals surface area contributed by atoms with Crippen LogP contribution in [-0.4, -0.2) is 14.2 Å². The molecule has 0 aliphatic rings. The Bertz CT molecular complexity index is 710. The summed E-state index contributed by atoms with van der Waals surface area (Å²) >= 11 is 0. The molecule has 0 unspecified atom stereocenters. The fourth-order valence-electron chi connectivity index (χ4n) is 2.16. The lowest BCUT2D eigenvalue weighted by atomic mass is 10.1. The predicted molar refractivity (Wildman–Crippen MR) is 92.6 cm³/mol. The van der Waals surface area contributed by atoms with Gasteiger partial charge in [0.15, 0.2) is 0 Å². The summed E-state index contributed by atoms with van der Waals surface area (Å²) in [4.78, 5) is 0. The van der Waals surface area contributed by atoms with Crippen LogP contribution >= 0.6 is 0 Å². The number of nitrogens with one attached hydrogen (secondary N) is 2. The van der Waals surface area contributed by atoms with Crippen molar-refractivity contribution >= 4 is 21.4 Å². The highest BCUT2D eigenvalue weighted by atomic mass is 32.2. The van der Waals surface area contributed by atoms with Crippen molar-refractivity contribution in [3.63, 3.8) is 0 Å². The van der Waals surface area contributed by atoms with Crippen LogP contribution in [0.15, 0.2) is 48.5 Å². The highest BCUT2D eigenvalue weighted by molar-refractivity contribution is 7.92. The molecule has 0 heterocycles. The summed E-state index contributed by atoms with van der Waals surface area (Å²) in [5.74, 6) is 0.139. The van der Waals surface area contributed by atoms with E-state index in [1.54, 1.807) is 12.1 Å². The van der Waals surface area contributed by atoms with Crippen LogP contribution in [0.25, 0.3) is 0 Å². The first-order valence-electron chi connectivity index (χ1n) is 7.39. The zero-order chi connectivity index (χ0) is 16.0. The van der Waals surface area contributed by atoms with Gasteiger partial charge in [-0.15, -0.1) is 0 Å². The molecule has 0 aliphatic carbocycles. The predicted octanol–water partition coefficient (Wildman–Crippen LogP) is 3.76. The van der Waals surface area contributed by atoms with E-state index in [1.165, 1.54) is 11.1 Å². The van der Waals surface area contributed by atoms with Gasteiger partial charge in [0.1, 0.15) is 0 Å². The maximum atomic E-state index is 11.7. The molecule has 5 heteroatoms. The standard InChI is InChI=1S/C17H22N2O2S/c1-3-12-22(20,21)19-17-10-8-16(9-11-17)18-13-15-7-5-4-6-14(15)2/h4-11,18-19H,3,12-13H2,1-2H3. The Morgan fingerprint density at radius 1 is 0.955 bits per heavy atom. The van der Waals surface area contributed by atoms with Crippen LogP contribution in [0.4, 0.5) is 11.4 Å². The first-order valence-corrected chi connectivity index (χ1v) is 9.04. The summed E-state index contributed by atoms with van der Waals surface area (Å²) in [5.41, 5.74) is 4.05. The van der Waals surface area contributed by atoms with Gasteiger partial charge in [-0.1, -0.05) is 31.2 Å². The molecule has 4 nitrogen and oxygen atoms in total. The van der Waals surface area contributed by atoms with Crippen molar-refractivity contribution in [3.8, 4) is 0 Å². The van der Waals surface area contributed by atoms with Crippen LogP contribution in [0.1, 0.15) is 24.5 Å². The molecule has 0 fully saturated rings. The van der Waals surface area contributed by atoms with E-state index in [0.29, 0.717) is 12.1 Å². The van der Waals surface area contributed by atoms with Gasteiger partial charge in [0.2, 0.25) is 10.0 Å². The molecule has 0 aromatic heterocycles. The van der Waals surface area contributed by atoms with E-state index >= 15 is 0 Å². The third-order valence-corrected chi connectivity index (χ3v) is 4.87. The van der Waals surface area contributed by atoms with E-state index in [1.807, 2.05) is 31.2 Å². The summed E-state index contributed by atoms with van der Waals surface area (Å²) in [5, 5.41) is 3.34. The van der Waals surface area contributed by atoms with Gasteiger partial charge in [0, 0.05) is 17.9 Å². The number of hydrogen-bond acceptors (Lipinski definition) is 3. The van der Waals surface area contributed by atoms with Gasteiger partial charge >= 0.3 is 0 Å². The molecule has 2 N–H and O–H groups in total. The number of hydrogen-bond donors (Lipinski definition) is 2. The molecule has 0 bridgehead atoms. The van der Waals surface area contributed by atoms with Crippen molar-refractivity contribution in [2.24, 2.45) is 0 Å². The average Bonchev–Trinajstić information content (AvgIpc) is 2.47. The maximum Gasteiger partial charge on any atom is 0.232 e. The molecule has 0 atom stereocenters. The van der Waals surface area contributed by atoms with Gasteiger partial charge in [-0.25, -0.2) is 8.42 Å². The Balaban J connectivity index is 1.96. The van der Waals surface area contributed by atoms with E-state index in [9.17, 15) is 8.42 Å². The second kappa shape index (κ2) is 7.31. The first-order chi connectivity index (χ1) is 10.5. The Morgan fingerprint density at radius 3 is 2.23 bits per heavy atom. The SMILES string of the molecule is CCCS(=O)(=O)Nc1ccc(NCc2ccccc2C)cc1. The molecular weight excluding hydrogens is 296 g/mol. The third kappa shape index (κ3) is 4.77. The van der Waals surface area contributed by atoms with Crippen molar-refractivity contribution in [2.45, 2.75) is 26.8 Å². The molecule has 2 aromatic rings. The van der Waals surface area contributed by atoms with E-state index in [4.69, 9.17) is 0 Å². The van der Waals surface area contributed by atoms with Crippen LogP contribution in [0.5, 0.6) is 0 Å². The van der Waals surface area contributed by atoms with Crippen LogP contribution < -0.4 is 10.0 Å². The van der Waals surface area contributed by atoms with Gasteiger partial charge in [-0.2, -0.15) is 0 Å². The van der Waals surface area contributed by atoms with E-state index in [2.05, 4.69) is 29.1 Å². The fourth-order valence-corrected chi connectivity index (χ4v) is 3.30. The molecule has 2 rings (SSSR count). The summed E-state index contributed by atoms with van der Waals surface area (Å²) in [6.07, 6.45) is 0.603. The van der Waals surface area contributed by atoms with Gasteiger partial charge < -0.3 is 5.32 Å². The summed E-state index contributed by atoms with van der Waals surface area (Å²) < 4.78 is 26.0. The maximum absolute atomic E-state index is 11.7. The van der Waals surface area contributed by atoms with Crippen LogP contribution in [-0.2, 0) is 16.6 Å². The van der Waals surface area contributed by atoms with Crippen molar-refractivity contribution < 1.29 is 8.42 Å². The van der Waals surface area contributed by atoms with Crippen LogP contribution in [0.2, 0.25) is 0 Å². The van der Waals surface area contributed by atoms with Gasteiger partial charge in [0.05, 0.1) is 5.75 Å². The highest BCUT2D eigenvalue weighted by Crippen LogP contribution is 2.17. The summed E-state index contributed by atoms with van der Waals surface area (Å²) in [7, 11) is -3.23. The molecule has 0 radical (unpaired) electrons. The number of aryl methyl sites for hydroxylation is 1. The first kappa shape index (κ1) is 16.4. The van der Waals surface area contributed by atoms with Crippen LogP contribution in [0.3, 0.4) is 0 Å². The molecule has 0 spiro atoms. The zero-order valence-corrected chi connectivity index (χ0v) is 13.8. The van der Waals surface area contributed by atoms with Crippen molar-refractivity contribution in [2.75, 3.05) is 15.8 Å². The minimum atomic E-state index is -3.23. The van der Waals surface area contributed by atoms with E-state index in [-0.39, 0.29) is 5.75 Å². The zero-order valence-electron chi connectivity index (χ0n) is 13.0. The van der Waals surface area contributed by atoms with Gasteiger partial charge in [-0.05, 0) is 48.7 Å². The Labute approximate surface area is 132 Å². The van der Waals surface area contributed by atoms with Gasteiger partial charge in [0.25, 0.3) is 0 Å². The van der Waals surface area contributed by atoms with E-state index in [0.717, 1.165) is 12.2 Å². The molecule has 0 amide bonds. The Hall–Kier alpha value is -2.01. The number of rotatable bonds is 7. The molecule has 118 valence electrons. The number of benzene rings is 2. The molecular formula is C17H22N2O2S. The topological polar surface area (TPSA) is 58.2 Å². The lowest BCUT2D eigenvalue weighted by molar-refractivity contribution is 0.600. The molecule has 0 aliphatic heterocycles. The fraction of sp³-hybridized carbons (Fsp3) is 0.294. The Morgan fingerprint density at radius 2 is 1.59 bits per heavy atom. The number of anilines is 2. The minimum Gasteiger partial charge on any atom is -0.381 e. The second-order valence-corrected chi connectivity index (χ2v) is 7.12. The normalized spacial score (nSPS) is 11.2. The molecule has 0 saturated heterocycles. The third-order valence-electron chi connectivity index (χ3n) is 3.38. The lowest BCUT2D eigenvalue weighted by Crippen LogP contribution is -2.16. The summed E-state index contributed by atoms with van der Waals surface area (Å²) in [6, 6.07) is 15.5. The monoisotopic (exact) mass is 318 g/mol. The quantitative estimate of drug-likeness (QED) is 0.817. The van der Waals surface area contributed by atoms with Gasteiger partial charge in [-0.3, -0.25) is 4.72 Å². The van der Waals surface area contributed by atoms with Crippen LogP contribution in [0, 0.1) is 6.92 Å². The van der Waals surface area contributed by atoms with E-state index < -0.39 is 10.0 Å². The second-order valence-electron chi connectivity index (χ2n) is 5.28. The summed E-state index contributed by atoms with van der Waals surface area (Å²) in [6.45, 7) is 4.67. The lowest BCUT2D eigenvalue weighted by Gasteiger charge is -2.11. The molecule has 0 saturated carbocycles. The molecule has 2 aromatic carbocycles. The van der Waals surface area contributed by atoms with Crippen molar-refractivity contribution in [1.29, 1.82) is 0 Å². The average molecular weight is 318 g/mol. The number of sulfonamides is 1. The molecule has 22 heavy (non-hydrogen) atoms. The minimum absolute atomic E-state index is 0.139. The smallest absolute Gasteiger partial charge is 0.232 e. The Kier molecular flexibility index (Phi) is 5.44. The largest absolute Gasteiger partial charge is 0.381 e. The highest BCUT2D eigenvalue weighted by Gasteiger charge is 2.08.